The number of aliphatic imine (C=N–C) groups is 1. The summed E-state index contributed by atoms with van der Waals surface area (Å²) in [7, 11) is 0. The molecule has 1 aliphatic heterocycles. The summed E-state index contributed by atoms with van der Waals surface area (Å²) in [6, 6.07) is 38.1. The molecular formula is C48H44N4O5S. The van der Waals surface area contributed by atoms with Crippen molar-refractivity contribution in [2.45, 2.75) is 57.6 Å². The fraction of sp³-hybridized carbons (Fsp3) is 0.188. The molecule has 58 heavy (non-hydrogen) atoms. The van der Waals surface area contributed by atoms with Gasteiger partial charge in [0.25, 0.3) is 5.91 Å². The van der Waals surface area contributed by atoms with E-state index in [2.05, 4.69) is 5.32 Å². The number of nitrogens with zero attached hydrogens (tertiary/aromatic N) is 3. The molecule has 1 atom stereocenters. The average molecular weight is 789 g/mol. The second-order valence-corrected chi connectivity index (χ2v) is 17.3. The van der Waals surface area contributed by atoms with Gasteiger partial charge in [-0.25, -0.2) is 14.8 Å². The molecule has 9 nitrogen and oxygen atoms in total. The van der Waals surface area contributed by atoms with E-state index in [0.29, 0.717) is 44.3 Å². The standard InChI is InChI=1S/C48H44N4O5S/c1-47(2,3)36-25-29(26-37(41(36)53)48(4,5)6)27-40-44(55)52(33-17-11-8-12-18-33)46(51-40)58-42(31-15-9-7-10-16-31)43(54)49-32-23-21-30(22-24-32)39-28-35(45(56)57)34-19-13-14-20-38(34)50-39/h7-28,42,53H,1-6H3,(H,49,54)(H,56,57)/b40-27+. The van der Waals surface area contributed by atoms with Crippen molar-refractivity contribution in [3.05, 3.63) is 161 Å². The van der Waals surface area contributed by atoms with E-state index in [1.54, 1.807) is 54.6 Å². The van der Waals surface area contributed by atoms with Crippen LogP contribution in [0, 0.1) is 0 Å². The van der Waals surface area contributed by atoms with E-state index in [-0.39, 0.29) is 39.7 Å². The van der Waals surface area contributed by atoms with Crippen LogP contribution in [-0.2, 0) is 20.4 Å². The van der Waals surface area contributed by atoms with E-state index >= 15 is 0 Å². The summed E-state index contributed by atoms with van der Waals surface area (Å²) in [5.41, 5.74) is 5.49. The highest BCUT2D eigenvalue weighted by Gasteiger charge is 2.36. The molecule has 0 radical (unpaired) electrons. The van der Waals surface area contributed by atoms with Crippen LogP contribution in [0.3, 0.4) is 0 Å². The molecule has 7 rings (SSSR count). The van der Waals surface area contributed by atoms with Gasteiger partial charge in [0, 0.05) is 27.8 Å². The van der Waals surface area contributed by atoms with Crippen LogP contribution in [0.15, 0.2) is 138 Å². The minimum Gasteiger partial charge on any atom is -0.507 e. The predicted octanol–water partition coefficient (Wildman–Crippen LogP) is 10.8. The first-order chi connectivity index (χ1) is 27.6. The molecule has 2 amide bonds. The van der Waals surface area contributed by atoms with Crippen molar-refractivity contribution in [1.82, 2.24) is 4.98 Å². The number of anilines is 2. The van der Waals surface area contributed by atoms with Crippen LogP contribution >= 0.6 is 11.8 Å². The minimum atomic E-state index is -1.04. The molecule has 0 fully saturated rings. The van der Waals surface area contributed by atoms with Gasteiger partial charge < -0.3 is 15.5 Å². The summed E-state index contributed by atoms with van der Waals surface area (Å²) in [6.45, 7) is 12.2. The molecule has 6 aromatic rings. The normalized spacial score (nSPS) is 14.4. The maximum Gasteiger partial charge on any atom is 0.336 e. The summed E-state index contributed by atoms with van der Waals surface area (Å²) in [5, 5.41) is 24.3. The Hall–Kier alpha value is -6.52. The van der Waals surface area contributed by atoms with Crippen LogP contribution in [0.25, 0.3) is 28.2 Å². The molecule has 10 heteroatoms. The second-order valence-electron chi connectivity index (χ2n) is 16.2. The maximum atomic E-state index is 14.4. The Kier molecular flexibility index (Phi) is 10.8. The lowest BCUT2D eigenvalue weighted by atomic mass is 9.78. The lowest BCUT2D eigenvalue weighted by Gasteiger charge is -2.28. The number of aromatic nitrogens is 1. The predicted molar refractivity (Wildman–Crippen MR) is 234 cm³/mol. The molecule has 0 saturated heterocycles. The quantitative estimate of drug-likeness (QED) is 0.131. The third kappa shape index (κ3) is 8.28. The Morgan fingerprint density at radius 2 is 1.36 bits per heavy atom. The molecule has 0 bridgehead atoms. The van der Waals surface area contributed by atoms with Gasteiger partial charge in [0.15, 0.2) is 5.17 Å². The molecule has 1 aliphatic rings. The lowest BCUT2D eigenvalue weighted by Crippen LogP contribution is -2.32. The van der Waals surface area contributed by atoms with Crippen LogP contribution < -0.4 is 10.2 Å². The Labute approximate surface area is 342 Å². The van der Waals surface area contributed by atoms with Gasteiger partial charge >= 0.3 is 5.97 Å². The van der Waals surface area contributed by atoms with Gasteiger partial charge in [0.1, 0.15) is 16.7 Å². The number of fused-ring (bicyclic) bond motifs is 1. The minimum absolute atomic E-state index is 0.156. The zero-order valence-corrected chi connectivity index (χ0v) is 34.0. The van der Waals surface area contributed by atoms with Crippen molar-refractivity contribution < 1.29 is 24.6 Å². The number of phenolic OH excluding ortho intramolecular Hbond substituents is 1. The van der Waals surface area contributed by atoms with Crippen molar-refractivity contribution in [2.75, 3.05) is 10.2 Å². The molecule has 3 N–H and O–H groups in total. The lowest BCUT2D eigenvalue weighted by molar-refractivity contribution is -0.116. The van der Waals surface area contributed by atoms with Crippen LogP contribution in [0.1, 0.15) is 79.4 Å². The number of carboxylic acid groups (broad SMARTS) is 1. The summed E-state index contributed by atoms with van der Waals surface area (Å²) in [5.74, 6) is -1.47. The fourth-order valence-electron chi connectivity index (χ4n) is 6.86. The number of rotatable bonds is 8. The number of amides is 2. The third-order valence-electron chi connectivity index (χ3n) is 9.85. The SMILES string of the molecule is CC(C)(C)c1cc(/C=C2/N=C(SC(C(=O)Nc3ccc(-c4cc(C(=O)O)c5ccccc5n4)cc3)c3ccccc3)N(c3ccccc3)C2=O)cc(C(C)(C)C)c1O. The first kappa shape index (κ1) is 39.7. The van der Waals surface area contributed by atoms with Gasteiger partial charge in [-0.1, -0.05) is 132 Å². The number of hydrogen-bond donors (Lipinski definition) is 3. The van der Waals surface area contributed by atoms with E-state index in [0.717, 1.165) is 16.7 Å². The number of aromatic carboxylic acids is 1. The van der Waals surface area contributed by atoms with Gasteiger partial charge in [-0.2, -0.15) is 0 Å². The average Bonchev–Trinajstić information content (AvgIpc) is 3.50. The summed E-state index contributed by atoms with van der Waals surface area (Å²) >= 11 is 1.17. The molecular weight excluding hydrogens is 745 g/mol. The number of hydrogen-bond acceptors (Lipinski definition) is 7. The van der Waals surface area contributed by atoms with Crippen molar-refractivity contribution in [2.24, 2.45) is 4.99 Å². The number of phenols is 1. The van der Waals surface area contributed by atoms with Crippen molar-refractivity contribution >= 4 is 63.1 Å². The molecule has 5 aromatic carbocycles. The smallest absolute Gasteiger partial charge is 0.336 e. The molecule has 0 aliphatic carbocycles. The zero-order chi connectivity index (χ0) is 41.4. The van der Waals surface area contributed by atoms with E-state index in [1.807, 2.05) is 120 Å². The highest BCUT2D eigenvalue weighted by atomic mass is 32.2. The van der Waals surface area contributed by atoms with Gasteiger partial charge in [-0.05, 0) is 76.6 Å². The van der Waals surface area contributed by atoms with Gasteiger partial charge in [0.05, 0.1) is 22.5 Å². The molecule has 0 spiro atoms. The molecule has 1 aromatic heterocycles. The topological polar surface area (TPSA) is 132 Å². The van der Waals surface area contributed by atoms with Crippen molar-refractivity contribution in [3.63, 3.8) is 0 Å². The van der Waals surface area contributed by atoms with Crippen molar-refractivity contribution in [1.29, 1.82) is 0 Å². The first-order valence-electron chi connectivity index (χ1n) is 18.9. The van der Waals surface area contributed by atoms with Gasteiger partial charge in [-0.3, -0.25) is 14.5 Å². The number of benzene rings is 5. The largest absolute Gasteiger partial charge is 0.507 e. The fourth-order valence-corrected chi connectivity index (χ4v) is 7.97. The van der Waals surface area contributed by atoms with Crippen LogP contribution in [0.2, 0.25) is 0 Å². The number of aromatic hydroxyl groups is 1. The number of para-hydroxylation sites is 2. The Morgan fingerprint density at radius 1 is 0.776 bits per heavy atom. The first-order valence-corrected chi connectivity index (χ1v) is 19.8. The van der Waals surface area contributed by atoms with Gasteiger partial charge in [0.2, 0.25) is 5.91 Å². The van der Waals surface area contributed by atoms with E-state index in [1.165, 1.54) is 16.7 Å². The Morgan fingerprint density at radius 3 is 1.97 bits per heavy atom. The highest BCUT2D eigenvalue weighted by Crippen LogP contribution is 2.42. The molecule has 2 heterocycles. The number of carbonyl (C=O) groups excluding carboxylic acids is 2. The number of carboxylic acids is 1. The summed E-state index contributed by atoms with van der Waals surface area (Å²) in [6.07, 6.45) is 1.75. The number of amidine groups is 1. The number of carbonyl (C=O) groups is 3. The van der Waals surface area contributed by atoms with Gasteiger partial charge in [-0.15, -0.1) is 0 Å². The van der Waals surface area contributed by atoms with E-state index in [9.17, 15) is 24.6 Å². The molecule has 1 unspecified atom stereocenters. The maximum absolute atomic E-state index is 14.4. The number of pyridine rings is 1. The zero-order valence-electron chi connectivity index (χ0n) is 33.1. The summed E-state index contributed by atoms with van der Waals surface area (Å²) < 4.78 is 0. The Bertz CT molecular complexity index is 2570. The van der Waals surface area contributed by atoms with Crippen LogP contribution in [0.5, 0.6) is 5.75 Å². The van der Waals surface area contributed by atoms with E-state index in [4.69, 9.17) is 9.98 Å². The van der Waals surface area contributed by atoms with Crippen molar-refractivity contribution in [3.8, 4) is 17.0 Å². The number of nitrogens with one attached hydrogen (secondary N) is 1. The van der Waals surface area contributed by atoms with Crippen LogP contribution in [-0.4, -0.2) is 38.1 Å². The highest BCUT2D eigenvalue weighted by molar-refractivity contribution is 8.15. The van der Waals surface area contributed by atoms with Crippen LogP contribution in [0.4, 0.5) is 11.4 Å². The summed E-state index contributed by atoms with van der Waals surface area (Å²) in [4.78, 5) is 51.9. The molecule has 292 valence electrons. The Balaban J connectivity index is 1.23. The monoisotopic (exact) mass is 788 g/mol. The number of thioether (sulfide) groups is 1. The second kappa shape index (κ2) is 15.8. The molecule has 0 saturated carbocycles. The third-order valence-corrected chi connectivity index (χ3v) is 11.1. The van der Waals surface area contributed by atoms with E-state index < -0.39 is 11.2 Å².